The van der Waals surface area contributed by atoms with Crippen molar-refractivity contribution in [3.05, 3.63) is 117 Å². The lowest BCUT2D eigenvalue weighted by molar-refractivity contribution is 0.0668. The number of nitrogens with zero attached hydrogens (tertiary/aromatic N) is 2. The van der Waals surface area contributed by atoms with Crippen molar-refractivity contribution in [3.8, 4) is 11.1 Å². The maximum atomic E-state index is 13.6. The van der Waals surface area contributed by atoms with Crippen molar-refractivity contribution in [2.45, 2.75) is 39.7 Å². The highest BCUT2D eigenvalue weighted by atomic mass is 16.4. The summed E-state index contributed by atoms with van der Waals surface area (Å²) in [7, 11) is 0. The van der Waals surface area contributed by atoms with E-state index in [1.54, 1.807) is 66.7 Å². The summed E-state index contributed by atoms with van der Waals surface area (Å²) in [5, 5.41) is 19.6. The Morgan fingerprint density at radius 3 is 2.05 bits per heavy atom. The zero-order valence-electron chi connectivity index (χ0n) is 21.8. The number of hydrogen-bond donors (Lipinski definition) is 2. The Morgan fingerprint density at radius 1 is 0.795 bits per heavy atom. The molecule has 1 aromatic heterocycles. The minimum atomic E-state index is -1.33. The van der Waals surface area contributed by atoms with Crippen LogP contribution in [0.5, 0.6) is 0 Å². The van der Waals surface area contributed by atoms with Crippen molar-refractivity contribution < 1.29 is 24.6 Å². The number of hydrogen-bond acceptors (Lipinski definition) is 4. The summed E-state index contributed by atoms with van der Waals surface area (Å²) in [6.07, 6.45) is 0.859. The molecule has 0 saturated carbocycles. The van der Waals surface area contributed by atoms with Crippen LogP contribution in [0, 0.1) is 5.92 Å². The number of aromatic carboxylic acids is 2. The Labute approximate surface area is 225 Å². The van der Waals surface area contributed by atoms with Crippen molar-refractivity contribution >= 4 is 17.8 Å². The molecule has 0 unspecified atom stereocenters. The van der Waals surface area contributed by atoms with Crippen molar-refractivity contribution in [2.75, 3.05) is 0 Å². The second kappa shape index (κ2) is 11.8. The van der Waals surface area contributed by atoms with Crippen LogP contribution in [0.3, 0.4) is 0 Å². The molecule has 1 heterocycles. The molecule has 2 N–H and O–H groups in total. The number of carboxylic acid groups (broad SMARTS) is 2. The lowest BCUT2D eigenvalue weighted by Crippen LogP contribution is -2.32. The summed E-state index contributed by atoms with van der Waals surface area (Å²) in [6.45, 7) is 4.08. The molecule has 0 aliphatic carbocycles. The first-order valence-corrected chi connectivity index (χ1v) is 12.7. The molecule has 0 aliphatic rings. The Kier molecular flexibility index (Phi) is 8.24. The molecule has 0 saturated heterocycles. The lowest BCUT2D eigenvalue weighted by Gasteiger charge is -2.11. The highest BCUT2D eigenvalue weighted by Crippen LogP contribution is 2.25. The molecule has 3 aromatic carbocycles. The molecule has 0 spiro atoms. The third-order valence-electron chi connectivity index (χ3n) is 6.62. The van der Waals surface area contributed by atoms with Crippen LogP contribution in [0.2, 0.25) is 0 Å². The van der Waals surface area contributed by atoms with Gasteiger partial charge in [-0.25, -0.2) is 19.0 Å². The van der Waals surface area contributed by atoms with Crippen LogP contribution < -0.4 is 5.69 Å². The molecular formula is C31H30N2O6. The molecule has 4 rings (SSSR count). The second-order valence-corrected chi connectivity index (χ2v) is 9.84. The topological polar surface area (TPSA) is 119 Å². The monoisotopic (exact) mass is 526 g/mol. The van der Waals surface area contributed by atoms with Gasteiger partial charge in [0.2, 0.25) is 5.91 Å². The SMILES string of the molecule is CC(C)CCc1c(C(=O)O)n(C(=O)Cc2ccccc2)c(=O)n1Cc1ccc(-c2ccccc2C(=O)O)cc1. The van der Waals surface area contributed by atoms with Gasteiger partial charge in [-0.15, -0.1) is 0 Å². The molecule has 0 fully saturated rings. The zero-order chi connectivity index (χ0) is 28.1. The average Bonchev–Trinajstić information content (AvgIpc) is 3.19. The van der Waals surface area contributed by atoms with Gasteiger partial charge < -0.3 is 10.2 Å². The van der Waals surface area contributed by atoms with E-state index in [1.165, 1.54) is 10.6 Å². The molecule has 0 bridgehead atoms. The Balaban J connectivity index is 1.74. The first-order valence-electron chi connectivity index (χ1n) is 12.7. The Hall–Kier alpha value is -4.72. The fraction of sp³-hybridized carbons (Fsp3) is 0.226. The van der Waals surface area contributed by atoms with E-state index >= 15 is 0 Å². The van der Waals surface area contributed by atoms with E-state index in [1.807, 2.05) is 19.9 Å². The molecule has 8 nitrogen and oxygen atoms in total. The van der Waals surface area contributed by atoms with Gasteiger partial charge in [0.1, 0.15) is 0 Å². The van der Waals surface area contributed by atoms with E-state index in [4.69, 9.17) is 0 Å². The minimum absolute atomic E-state index is 0.0685. The molecule has 200 valence electrons. The van der Waals surface area contributed by atoms with Gasteiger partial charge in [-0.2, -0.15) is 0 Å². The summed E-state index contributed by atoms with van der Waals surface area (Å²) in [5.41, 5.74) is 2.16. The van der Waals surface area contributed by atoms with E-state index in [0.717, 1.165) is 4.57 Å². The fourth-order valence-electron chi connectivity index (χ4n) is 4.62. The summed E-state index contributed by atoms with van der Waals surface area (Å²) in [6, 6.07) is 22.7. The summed E-state index contributed by atoms with van der Waals surface area (Å²) >= 11 is 0. The van der Waals surface area contributed by atoms with Gasteiger partial charge in [0.05, 0.1) is 24.2 Å². The fourth-order valence-corrected chi connectivity index (χ4v) is 4.62. The van der Waals surface area contributed by atoms with Gasteiger partial charge in [-0.3, -0.25) is 9.36 Å². The number of carboxylic acids is 2. The molecule has 0 atom stereocenters. The highest BCUT2D eigenvalue weighted by Gasteiger charge is 2.28. The van der Waals surface area contributed by atoms with E-state index in [-0.39, 0.29) is 30.1 Å². The van der Waals surface area contributed by atoms with E-state index < -0.39 is 23.5 Å². The third-order valence-corrected chi connectivity index (χ3v) is 6.62. The number of aromatic nitrogens is 2. The van der Waals surface area contributed by atoms with Crippen LogP contribution in [0.1, 0.15) is 62.7 Å². The van der Waals surface area contributed by atoms with Crippen molar-refractivity contribution in [3.63, 3.8) is 0 Å². The number of rotatable bonds is 10. The molecule has 39 heavy (non-hydrogen) atoms. The number of imidazole rings is 1. The molecule has 0 radical (unpaired) electrons. The van der Waals surface area contributed by atoms with Gasteiger partial charge in [-0.1, -0.05) is 86.6 Å². The van der Waals surface area contributed by atoms with Gasteiger partial charge >= 0.3 is 17.6 Å². The van der Waals surface area contributed by atoms with Crippen molar-refractivity contribution in [1.82, 2.24) is 9.13 Å². The first kappa shape index (κ1) is 27.3. The maximum absolute atomic E-state index is 13.6. The Morgan fingerprint density at radius 2 is 1.44 bits per heavy atom. The molecule has 8 heteroatoms. The molecular weight excluding hydrogens is 496 g/mol. The maximum Gasteiger partial charge on any atom is 0.354 e. The van der Waals surface area contributed by atoms with E-state index in [0.29, 0.717) is 40.8 Å². The van der Waals surface area contributed by atoms with E-state index in [9.17, 15) is 29.4 Å². The summed E-state index contributed by atoms with van der Waals surface area (Å²) < 4.78 is 2.16. The first-order chi connectivity index (χ1) is 18.7. The largest absolute Gasteiger partial charge is 0.478 e. The highest BCUT2D eigenvalue weighted by molar-refractivity contribution is 5.96. The minimum Gasteiger partial charge on any atom is -0.478 e. The number of benzene rings is 3. The zero-order valence-corrected chi connectivity index (χ0v) is 21.8. The average molecular weight is 527 g/mol. The smallest absolute Gasteiger partial charge is 0.354 e. The summed E-state index contributed by atoms with van der Waals surface area (Å²) in [4.78, 5) is 50.8. The van der Waals surface area contributed by atoms with Gasteiger partial charge in [0, 0.05) is 0 Å². The van der Waals surface area contributed by atoms with Crippen LogP contribution in [-0.4, -0.2) is 37.2 Å². The normalized spacial score (nSPS) is 11.1. The predicted molar refractivity (Wildman–Crippen MR) is 148 cm³/mol. The van der Waals surface area contributed by atoms with Crippen LogP contribution in [0.15, 0.2) is 83.7 Å². The van der Waals surface area contributed by atoms with Crippen LogP contribution in [0.4, 0.5) is 0 Å². The van der Waals surface area contributed by atoms with E-state index in [2.05, 4.69) is 0 Å². The number of carbonyl (C=O) groups excluding carboxylic acids is 1. The molecule has 4 aromatic rings. The van der Waals surface area contributed by atoms with Crippen LogP contribution in [0.25, 0.3) is 11.1 Å². The van der Waals surface area contributed by atoms with Crippen LogP contribution >= 0.6 is 0 Å². The predicted octanol–water partition coefficient (Wildman–Crippen LogP) is 5.23. The molecule has 0 amide bonds. The third kappa shape index (κ3) is 6.06. The van der Waals surface area contributed by atoms with Crippen molar-refractivity contribution in [1.29, 1.82) is 0 Å². The lowest BCUT2D eigenvalue weighted by atomic mass is 9.98. The summed E-state index contributed by atoms with van der Waals surface area (Å²) in [5.74, 6) is -2.70. The van der Waals surface area contributed by atoms with Crippen LogP contribution in [-0.2, 0) is 19.4 Å². The standard InChI is InChI=1S/C31H30N2O6/c1-20(2)12-17-26-28(30(37)38)33(27(34)18-21-8-4-3-5-9-21)31(39)32(26)19-22-13-15-23(16-14-22)24-10-6-7-11-25(24)29(35)36/h3-11,13-16,20H,12,17-19H2,1-2H3,(H,35,36)(H,37,38). The van der Waals surface area contributed by atoms with Crippen molar-refractivity contribution in [2.24, 2.45) is 5.92 Å². The van der Waals surface area contributed by atoms with Gasteiger partial charge in [0.15, 0.2) is 5.69 Å². The quantitative estimate of drug-likeness (QED) is 0.292. The molecule has 0 aliphatic heterocycles. The Bertz CT molecular complexity index is 1560. The second-order valence-electron chi connectivity index (χ2n) is 9.84. The van der Waals surface area contributed by atoms with Gasteiger partial charge in [0.25, 0.3) is 0 Å². The van der Waals surface area contributed by atoms with Gasteiger partial charge in [-0.05, 0) is 47.1 Å². The number of carbonyl (C=O) groups is 3.